The topological polar surface area (TPSA) is 87.7 Å². The summed E-state index contributed by atoms with van der Waals surface area (Å²) < 4.78 is 6.14. The molecule has 0 radical (unpaired) electrons. The normalized spacial score (nSPS) is 22.3. The van der Waals surface area contributed by atoms with Crippen LogP contribution >= 0.6 is 15.9 Å². The van der Waals surface area contributed by atoms with E-state index < -0.39 is 35.4 Å². The largest absolute Gasteiger partial charge is 0.497 e. The molecule has 4 unspecified atom stereocenters. The van der Waals surface area contributed by atoms with E-state index in [1.807, 2.05) is 85.8 Å². The number of carbonyl (C=O) groups excluding carboxylic acids is 3. The minimum atomic E-state index is -1.62. The van der Waals surface area contributed by atoms with Crippen molar-refractivity contribution in [1.82, 2.24) is 4.90 Å². The van der Waals surface area contributed by atoms with Crippen molar-refractivity contribution < 1.29 is 19.1 Å². The zero-order valence-corrected chi connectivity index (χ0v) is 25.7. The molecule has 0 bridgehead atoms. The fourth-order valence-corrected chi connectivity index (χ4v) is 7.14. The summed E-state index contributed by atoms with van der Waals surface area (Å²) in [5, 5.41) is 6.05. The highest BCUT2D eigenvalue weighted by molar-refractivity contribution is 9.10. The Morgan fingerprint density at radius 3 is 2.33 bits per heavy atom. The van der Waals surface area contributed by atoms with E-state index in [9.17, 15) is 14.4 Å². The van der Waals surface area contributed by atoms with E-state index in [-0.39, 0.29) is 5.78 Å². The molecule has 2 aliphatic heterocycles. The number of amides is 3. The van der Waals surface area contributed by atoms with Gasteiger partial charge in [-0.2, -0.15) is 0 Å². The third kappa shape index (κ3) is 4.70. The fourth-order valence-electron chi connectivity index (χ4n) is 6.78. The van der Waals surface area contributed by atoms with E-state index in [4.69, 9.17) is 4.74 Å². The Balaban J connectivity index is 1.58. The first kappa shape index (κ1) is 28.7. The van der Waals surface area contributed by atoms with Gasteiger partial charge in [-0.05, 0) is 66.9 Å². The summed E-state index contributed by atoms with van der Waals surface area (Å²) in [6.45, 7) is 3.98. The SMILES string of the molecule is CCc1ccc(NC(=O)N2C(C)C(c3ccc(OC)cc3)C(C(=O)c3ccccc3)C23C(=O)Nc2ccc(Br)cc23)cc1. The van der Waals surface area contributed by atoms with Gasteiger partial charge in [0.2, 0.25) is 0 Å². The molecule has 7 nitrogen and oxygen atoms in total. The van der Waals surface area contributed by atoms with Gasteiger partial charge in [0, 0.05) is 38.9 Å². The molecule has 8 heteroatoms. The molecule has 3 amide bonds. The third-order valence-electron chi connectivity index (χ3n) is 8.78. The van der Waals surface area contributed by atoms with Crippen LogP contribution in [0.5, 0.6) is 5.75 Å². The molecule has 4 aromatic carbocycles. The van der Waals surface area contributed by atoms with Gasteiger partial charge in [0.25, 0.3) is 5.91 Å². The number of nitrogens with zero attached hydrogens (tertiary/aromatic N) is 1. The molecule has 218 valence electrons. The molecule has 2 heterocycles. The highest BCUT2D eigenvalue weighted by Crippen LogP contribution is 2.59. The number of halogens is 1. The summed E-state index contributed by atoms with van der Waals surface area (Å²) in [4.78, 5) is 45.2. The lowest BCUT2D eigenvalue weighted by molar-refractivity contribution is -0.126. The van der Waals surface area contributed by atoms with Gasteiger partial charge in [-0.15, -0.1) is 0 Å². The zero-order valence-electron chi connectivity index (χ0n) is 24.1. The molecule has 1 spiro atoms. The van der Waals surface area contributed by atoms with Crippen LogP contribution in [0.4, 0.5) is 16.2 Å². The Kier molecular flexibility index (Phi) is 7.56. The maximum atomic E-state index is 14.7. The van der Waals surface area contributed by atoms with Gasteiger partial charge in [-0.3, -0.25) is 9.59 Å². The van der Waals surface area contributed by atoms with Crippen molar-refractivity contribution in [1.29, 1.82) is 0 Å². The van der Waals surface area contributed by atoms with Crippen molar-refractivity contribution in [3.63, 3.8) is 0 Å². The lowest BCUT2D eigenvalue weighted by Gasteiger charge is -2.38. The predicted octanol–water partition coefficient (Wildman–Crippen LogP) is 7.39. The van der Waals surface area contributed by atoms with E-state index in [1.54, 1.807) is 30.2 Å². The van der Waals surface area contributed by atoms with Crippen LogP contribution in [-0.4, -0.2) is 35.8 Å². The van der Waals surface area contributed by atoms with Crippen molar-refractivity contribution in [3.05, 3.63) is 124 Å². The molecule has 1 saturated heterocycles. The Labute approximate surface area is 259 Å². The predicted molar refractivity (Wildman–Crippen MR) is 171 cm³/mol. The lowest BCUT2D eigenvalue weighted by atomic mass is 9.69. The number of rotatable bonds is 6. The summed E-state index contributed by atoms with van der Waals surface area (Å²) in [6, 6.07) is 28.7. The molecule has 1 fully saturated rings. The number of ether oxygens (including phenoxy) is 1. The van der Waals surface area contributed by atoms with Crippen molar-refractivity contribution in [2.75, 3.05) is 17.7 Å². The molecule has 43 heavy (non-hydrogen) atoms. The average molecular weight is 639 g/mol. The number of anilines is 2. The second-order valence-electron chi connectivity index (χ2n) is 11.0. The maximum absolute atomic E-state index is 14.7. The van der Waals surface area contributed by atoms with E-state index in [0.717, 1.165) is 22.0 Å². The van der Waals surface area contributed by atoms with Crippen molar-refractivity contribution >= 4 is 45.0 Å². The lowest BCUT2D eigenvalue weighted by Crippen LogP contribution is -2.57. The number of nitrogens with one attached hydrogen (secondary N) is 2. The number of hydrogen-bond acceptors (Lipinski definition) is 4. The molecular weight excluding hydrogens is 606 g/mol. The maximum Gasteiger partial charge on any atom is 0.323 e. The van der Waals surface area contributed by atoms with Gasteiger partial charge in [-0.25, -0.2) is 4.79 Å². The Morgan fingerprint density at radius 2 is 1.67 bits per heavy atom. The molecule has 4 aromatic rings. The van der Waals surface area contributed by atoms with Crippen LogP contribution in [0.2, 0.25) is 0 Å². The molecule has 0 aromatic heterocycles. The van der Waals surface area contributed by atoms with E-state index in [1.165, 1.54) is 0 Å². The van der Waals surface area contributed by atoms with E-state index in [0.29, 0.717) is 28.3 Å². The highest BCUT2D eigenvalue weighted by Gasteiger charge is 2.69. The van der Waals surface area contributed by atoms with Crippen LogP contribution in [0.3, 0.4) is 0 Å². The van der Waals surface area contributed by atoms with E-state index >= 15 is 0 Å². The number of likely N-dealkylation sites (tertiary alicyclic amines) is 1. The van der Waals surface area contributed by atoms with Crippen LogP contribution in [0, 0.1) is 5.92 Å². The zero-order chi connectivity index (χ0) is 30.3. The first-order valence-electron chi connectivity index (χ1n) is 14.3. The number of benzene rings is 4. The van der Waals surface area contributed by atoms with Crippen LogP contribution < -0.4 is 15.4 Å². The summed E-state index contributed by atoms with van der Waals surface area (Å²) in [5.41, 5.74) is 2.60. The molecule has 2 aliphatic rings. The standard InChI is InChI=1S/C35H32BrN3O4/c1-4-22-10-15-26(16-11-22)37-34(42)39-21(2)30(23-12-17-27(43-3)18-13-23)31(32(40)24-8-6-5-7-9-24)35(39)28-20-25(36)14-19-29(28)38-33(35)41/h5-21,30-31H,4H2,1-3H3,(H,37,42)(H,38,41). The van der Waals surface area contributed by atoms with Gasteiger partial charge in [-0.1, -0.05) is 77.5 Å². The van der Waals surface area contributed by atoms with E-state index in [2.05, 4.69) is 33.5 Å². The minimum Gasteiger partial charge on any atom is -0.497 e. The number of aryl methyl sites for hydroxylation is 1. The van der Waals surface area contributed by atoms with Crippen LogP contribution in [0.15, 0.2) is 102 Å². The Hall–Kier alpha value is -4.43. The number of fused-ring (bicyclic) bond motifs is 2. The number of urea groups is 1. The van der Waals surface area contributed by atoms with Gasteiger partial charge in [0.1, 0.15) is 5.75 Å². The number of ketones is 1. The molecule has 4 atom stereocenters. The van der Waals surface area contributed by atoms with Crippen LogP contribution in [0.1, 0.15) is 46.8 Å². The first-order chi connectivity index (χ1) is 20.8. The van der Waals surface area contributed by atoms with Gasteiger partial charge < -0.3 is 20.3 Å². The molecule has 0 aliphatic carbocycles. The van der Waals surface area contributed by atoms with Crippen molar-refractivity contribution in [2.24, 2.45) is 5.92 Å². The van der Waals surface area contributed by atoms with Gasteiger partial charge >= 0.3 is 6.03 Å². The molecule has 0 saturated carbocycles. The number of methoxy groups -OCH3 is 1. The average Bonchev–Trinajstić information content (AvgIpc) is 3.47. The summed E-state index contributed by atoms with van der Waals surface area (Å²) in [5.74, 6) is -1.38. The third-order valence-corrected chi connectivity index (χ3v) is 9.27. The van der Waals surface area contributed by atoms with Crippen LogP contribution in [0.25, 0.3) is 0 Å². The van der Waals surface area contributed by atoms with Gasteiger partial charge in [0.15, 0.2) is 11.3 Å². The first-order valence-corrected chi connectivity index (χ1v) is 15.1. The summed E-state index contributed by atoms with van der Waals surface area (Å²) in [7, 11) is 1.60. The van der Waals surface area contributed by atoms with Crippen molar-refractivity contribution in [3.8, 4) is 5.75 Å². The molecular formula is C35H32BrN3O4. The fraction of sp³-hybridized carbons (Fsp3) is 0.229. The second-order valence-corrected chi connectivity index (χ2v) is 11.9. The Bertz CT molecular complexity index is 1690. The number of carbonyl (C=O) groups is 3. The number of Topliss-reactive ketones (excluding diaryl/α,β-unsaturated/α-hetero) is 1. The smallest absolute Gasteiger partial charge is 0.323 e. The number of hydrogen-bond donors (Lipinski definition) is 2. The highest BCUT2D eigenvalue weighted by atomic mass is 79.9. The minimum absolute atomic E-state index is 0.209. The van der Waals surface area contributed by atoms with Crippen LogP contribution in [-0.2, 0) is 16.8 Å². The summed E-state index contributed by atoms with van der Waals surface area (Å²) in [6.07, 6.45) is 0.874. The summed E-state index contributed by atoms with van der Waals surface area (Å²) >= 11 is 3.58. The Morgan fingerprint density at radius 1 is 0.977 bits per heavy atom. The quantitative estimate of drug-likeness (QED) is 0.216. The van der Waals surface area contributed by atoms with Gasteiger partial charge in [0.05, 0.1) is 13.0 Å². The molecule has 2 N–H and O–H groups in total. The second kappa shape index (κ2) is 11.3. The monoisotopic (exact) mass is 637 g/mol. The molecule has 6 rings (SSSR count). The van der Waals surface area contributed by atoms with Crippen molar-refractivity contribution in [2.45, 2.75) is 37.8 Å².